The fraction of sp³-hybridized carbons (Fsp3) is 0.364. The zero-order valence-corrected chi connectivity index (χ0v) is 12.0. The summed E-state index contributed by atoms with van der Waals surface area (Å²) in [4.78, 5) is 11.1. The summed E-state index contributed by atoms with van der Waals surface area (Å²) in [5.41, 5.74) is 0.893. The number of carbonyl (C=O) groups is 1. The molecule has 0 aliphatic carbocycles. The summed E-state index contributed by atoms with van der Waals surface area (Å²) in [6.45, 7) is 0.606. The number of hydrogen-bond acceptors (Lipinski definition) is 3. The average molecular weight is 352 g/mol. The standard InChI is InChI=1S/C11H12Br2O3/c1-15-11(14)7-8-2-3-10(9(13)6-8)16-5-4-12/h2-3,6H,4-5,7H2,1H3. The summed E-state index contributed by atoms with van der Waals surface area (Å²) in [6.07, 6.45) is 0.272. The Hall–Kier alpha value is -0.550. The van der Waals surface area contributed by atoms with Crippen LogP contribution in [0.2, 0.25) is 0 Å². The first-order valence-electron chi connectivity index (χ1n) is 4.71. The van der Waals surface area contributed by atoms with Gasteiger partial charge in [-0.25, -0.2) is 0 Å². The number of alkyl halides is 1. The average Bonchev–Trinajstić information content (AvgIpc) is 2.28. The highest BCUT2D eigenvalue weighted by Gasteiger charge is 2.06. The quantitative estimate of drug-likeness (QED) is 0.604. The maximum atomic E-state index is 11.1. The highest BCUT2D eigenvalue weighted by Crippen LogP contribution is 2.26. The molecule has 5 heteroatoms. The number of methoxy groups -OCH3 is 1. The number of ether oxygens (including phenoxy) is 2. The summed E-state index contributed by atoms with van der Waals surface area (Å²) in [5, 5.41) is 0.781. The predicted octanol–water partition coefficient (Wildman–Crippen LogP) is 2.94. The third kappa shape index (κ3) is 4.14. The number of halogens is 2. The van der Waals surface area contributed by atoms with Crippen LogP contribution in [-0.2, 0) is 16.0 Å². The molecule has 16 heavy (non-hydrogen) atoms. The Kier molecular flexibility index (Phi) is 5.84. The number of benzene rings is 1. The summed E-state index contributed by atoms with van der Waals surface area (Å²) < 4.78 is 10.9. The van der Waals surface area contributed by atoms with Crippen LogP contribution in [0.4, 0.5) is 0 Å². The molecule has 88 valence electrons. The van der Waals surface area contributed by atoms with E-state index in [0.29, 0.717) is 6.61 Å². The number of esters is 1. The lowest BCUT2D eigenvalue weighted by atomic mass is 10.1. The normalized spacial score (nSPS) is 9.94. The van der Waals surface area contributed by atoms with Crippen LogP contribution in [0.1, 0.15) is 5.56 Å². The second-order valence-corrected chi connectivity index (χ2v) is 4.70. The Morgan fingerprint density at radius 1 is 1.44 bits per heavy atom. The molecule has 0 radical (unpaired) electrons. The van der Waals surface area contributed by atoms with Crippen molar-refractivity contribution in [1.82, 2.24) is 0 Å². The molecule has 0 unspecified atom stereocenters. The molecule has 0 amide bonds. The topological polar surface area (TPSA) is 35.5 Å². The first-order chi connectivity index (χ1) is 7.67. The summed E-state index contributed by atoms with van der Waals surface area (Å²) >= 11 is 6.68. The fourth-order valence-corrected chi connectivity index (χ4v) is 1.86. The molecule has 0 N–H and O–H groups in total. The van der Waals surface area contributed by atoms with Gasteiger partial charge in [0.2, 0.25) is 0 Å². The first kappa shape index (κ1) is 13.5. The van der Waals surface area contributed by atoms with E-state index in [1.807, 2.05) is 18.2 Å². The molecule has 0 atom stereocenters. The molecule has 1 aromatic carbocycles. The maximum Gasteiger partial charge on any atom is 0.309 e. The van der Waals surface area contributed by atoms with Crippen molar-refractivity contribution < 1.29 is 14.3 Å². The molecule has 0 aromatic heterocycles. The van der Waals surface area contributed by atoms with Crippen LogP contribution in [0.5, 0.6) is 5.75 Å². The second-order valence-electron chi connectivity index (χ2n) is 3.06. The number of carbonyl (C=O) groups excluding carboxylic acids is 1. The van der Waals surface area contributed by atoms with Gasteiger partial charge in [0.05, 0.1) is 24.6 Å². The lowest BCUT2D eigenvalue weighted by Gasteiger charge is -2.08. The molecular weight excluding hydrogens is 340 g/mol. The minimum Gasteiger partial charge on any atom is -0.492 e. The predicted molar refractivity (Wildman–Crippen MR) is 69.2 cm³/mol. The van der Waals surface area contributed by atoms with Crippen LogP contribution in [0.25, 0.3) is 0 Å². The lowest BCUT2D eigenvalue weighted by molar-refractivity contribution is -0.139. The second kappa shape index (κ2) is 6.91. The zero-order chi connectivity index (χ0) is 12.0. The Bertz CT molecular complexity index is 366. The highest BCUT2D eigenvalue weighted by atomic mass is 79.9. The first-order valence-corrected chi connectivity index (χ1v) is 6.63. The van der Waals surface area contributed by atoms with Gasteiger partial charge in [0.1, 0.15) is 5.75 Å². The molecule has 1 rings (SSSR count). The highest BCUT2D eigenvalue weighted by molar-refractivity contribution is 9.10. The van der Waals surface area contributed by atoms with Crippen LogP contribution in [-0.4, -0.2) is 25.0 Å². The van der Waals surface area contributed by atoms with Crippen molar-refractivity contribution in [3.8, 4) is 5.75 Å². The van der Waals surface area contributed by atoms with Gasteiger partial charge in [-0.1, -0.05) is 22.0 Å². The van der Waals surface area contributed by atoms with Crippen molar-refractivity contribution in [2.75, 3.05) is 19.0 Å². The van der Waals surface area contributed by atoms with Crippen molar-refractivity contribution in [2.45, 2.75) is 6.42 Å². The smallest absolute Gasteiger partial charge is 0.309 e. The largest absolute Gasteiger partial charge is 0.492 e. The monoisotopic (exact) mass is 350 g/mol. The van der Waals surface area contributed by atoms with E-state index in [-0.39, 0.29) is 12.4 Å². The van der Waals surface area contributed by atoms with E-state index in [4.69, 9.17) is 4.74 Å². The zero-order valence-electron chi connectivity index (χ0n) is 8.83. The molecule has 0 saturated heterocycles. The summed E-state index contributed by atoms with van der Waals surface area (Å²) in [5.74, 6) is 0.522. The number of hydrogen-bond donors (Lipinski definition) is 0. The van der Waals surface area contributed by atoms with E-state index in [2.05, 4.69) is 36.6 Å². The van der Waals surface area contributed by atoms with Gasteiger partial charge < -0.3 is 9.47 Å². The van der Waals surface area contributed by atoms with Crippen molar-refractivity contribution in [3.63, 3.8) is 0 Å². The number of rotatable bonds is 5. The summed E-state index contributed by atoms with van der Waals surface area (Å²) in [6, 6.07) is 5.55. The SMILES string of the molecule is COC(=O)Cc1ccc(OCCBr)c(Br)c1. The molecule has 0 spiro atoms. The molecule has 0 aliphatic rings. The molecule has 1 aromatic rings. The van der Waals surface area contributed by atoms with Crippen LogP contribution >= 0.6 is 31.9 Å². The van der Waals surface area contributed by atoms with Gasteiger partial charge in [-0.05, 0) is 33.6 Å². The Morgan fingerprint density at radius 2 is 2.19 bits per heavy atom. The Morgan fingerprint density at radius 3 is 2.75 bits per heavy atom. The molecular formula is C11H12Br2O3. The van der Waals surface area contributed by atoms with Crippen LogP contribution in [0.3, 0.4) is 0 Å². The van der Waals surface area contributed by atoms with E-state index in [1.54, 1.807) is 0 Å². The van der Waals surface area contributed by atoms with Gasteiger partial charge in [-0.2, -0.15) is 0 Å². The molecule has 3 nitrogen and oxygen atoms in total. The molecule has 0 bridgehead atoms. The van der Waals surface area contributed by atoms with Gasteiger partial charge in [-0.15, -0.1) is 0 Å². The van der Waals surface area contributed by atoms with Gasteiger partial charge in [0.25, 0.3) is 0 Å². The molecule has 0 heterocycles. The Balaban J connectivity index is 2.70. The molecule has 0 aliphatic heterocycles. The molecule has 0 saturated carbocycles. The third-order valence-corrected chi connectivity index (χ3v) is 2.85. The third-order valence-electron chi connectivity index (χ3n) is 1.91. The van der Waals surface area contributed by atoms with Crippen molar-refractivity contribution >= 4 is 37.8 Å². The summed E-state index contributed by atoms with van der Waals surface area (Å²) in [7, 11) is 1.38. The van der Waals surface area contributed by atoms with E-state index in [1.165, 1.54) is 7.11 Å². The minimum absolute atomic E-state index is 0.249. The minimum atomic E-state index is -0.249. The van der Waals surface area contributed by atoms with Gasteiger partial charge >= 0.3 is 5.97 Å². The fourth-order valence-electron chi connectivity index (χ4n) is 1.16. The molecule has 0 fully saturated rings. The van der Waals surface area contributed by atoms with Gasteiger partial charge in [0.15, 0.2) is 0 Å². The van der Waals surface area contributed by atoms with Crippen LogP contribution < -0.4 is 4.74 Å². The van der Waals surface area contributed by atoms with Crippen molar-refractivity contribution in [1.29, 1.82) is 0 Å². The van der Waals surface area contributed by atoms with Crippen molar-refractivity contribution in [3.05, 3.63) is 28.2 Å². The van der Waals surface area contributed by atoms with E-state index >= 15 is 0 Å². The van der Waals surface area contributed by atoms with E-state index in [0.717, 1.165) is 21.1 Å². The van der Waals surface area contributed by atoms with Crippen LogP contribution in [0, 0.1) is 0 Å². The van der Waals surface area contributed by atoms with Crippen molar-refractivity contribution in [2.24, 2.45) is 0 Å². The van der Waals surface area contributed by atoms with E-state index < -0.39 is 0 Å². The van der Waals surface area contributed by atoms with Crippen LogP contribution in [0.15, 0.2) is 22.7 Å². The Labute approximate surface area is 111 Å². The van der Waals surface area contributed by atoms with E-state index in [9.17, 15) is 4.79 Å². The maximum absolute atomic E-state index is 11.1. The van der Waals surface area contributed by atoms with Gasteiger partial charge in [0, 0.05) is 5.33 Å². The van der Waals surface area contributed by atoms with Gasteiger partial charge in [-0.3, -0.25) is 4.79 Å². The lowest BCUT2D eigenvalue weighted by Crippen LogP contribution is -2.05.